The summed E-state index contributed by atoms with van der Waals surface area (Å²) in [4.78, 5) is 38.0. The number of esters is 3. The van der Waals surface area contributed by atoms with Crippen LogP contribution < -0.4 is 0 Å². The van der Waals surface area contributed by atoms with Gasteiger partial charge < -0.3 is 14.2 Å². The normalized spacial score (nSPS) is 12.7. The fraction of sp³-hybridized carbons (Fsp3) is 0.712. The minimum atomic E-state index is -0.807. The molecule has 0 saturated carbocycles. The molecule has 0 rings (SSSR count). The summed E-state index contributed by atoms with van der Waals surface area (Å²) >= 11 is 0. The zero-order valence-electron chi connectivity index (χ0n) is 42.5. The highest BCUT2D eigenvalue weighted by atomic mass is 16.6. The van der Waals surface area contributed by atoms with Gasteiger partial charge in [0.25, 0.3) is 0 Å². The van der Waals surface area contributed by atoms with Crippen LogP contribution in [0.25, 0.3) is 0 Å². The summed E-state index contributed by atoms with van der Waals surface area (Å²) < 4.78 is 16.7. The van der Waals surface area contributed by atoms with Gasteiger partial charge in [-0.15, -0.1) is 0 Å². The van der Waals surface area contributed by atoms with Crippen LogP contribution >= 0.6 is 0 Å². The lowest BCUT2D eigenvalue weighted by Crippen LogP contribution is -2.30. The number of carbonyl (C=O) groups is 3. The number of hydrogen-bond acceptors (Lipinski definition) is 6. The van der Waals surface area contributed by atoms with E-state index >= 15 is 0 Å². The van der Waals surface area contributed by atoms with Crippen LogP contribution in [-0.2, 0) is 28.6 Å². The SMILES string of the molecule is CC/C=C\C/C=C\C/C=C\C/C=C\C/C=C\C/C=C\CCC(=O)OC[C@H](COC(=O)CCCCCCCCCCCCC)OC(=O)CCCCCCCCC/C=C\CCCCCCCC. The van der Waals surface area contributed by atoms with Gasteiger partial charge in [0.1, 0.15) is 13.2 Å². The summed E-state index contributed by atoms with van der Waals surface area (Å²) in [6.45, 7) is 6.45. The smallest absolute Gasteiger partial charge is 0.306 e. The van der Waals surface area contributed by atoms with E-state index < -0.39 is 6.10 Å². The number of unbranched alkanes of at least 4 members (excludes halogenated alkanes) is 23. The molecule has 6 heteroatoms. The summed E-state index contributed by atoms with van der Waals surface area (Å²) in [5.41, 5.74) is 0. The van der Waals surface area contributed by atoms with Crippen LogP contribution in [0.15, 0.2) is 85.1 Å². The molecular weight excluding hydrogens is 805 g/mol. The molecule has 0 radical (unpaired) electrons. The number of allylic oxidation sites excluding steroid dienone is 14. The standard InChI is InChI=1S/C59H100O6/c1-4-7-10-13-16-19-22-24-26-28-29-31-32-34-37-40-43-46-49-52-58(61)64-55-56(54-63-57(60)51-48-45-42-39-36-21-18-15-12-9-6-3)65-59(62)53-50-47-44-41-38-35-33-30-27-25-23-20-17-14-11-8-5-2/h7,10,16,19,24-27,29,31,34,37,43,46,56H,4-6,8-9,11-15,17-18,20-23,28,30,32-33,35-36,38-42,44-45,47-55H2,1-3H3/b10-7-,19-16-,26-24-,27-25-,31-29-,37-34-,46-43-/t56-/m0/s1. The Kier molecular flexibility index (Phi) is 50.4. The third kappa shape index (κ3) is 51.4. The Morgan fingerprint density at radius 1 is 0.323 bits per heavy atom. The fourth-order valence-electron chi connectivity index (χ4n) is 7.35. The molecular formula is C59H100O6. The molecule has 1 atom stereocenters. The van der Waals surface area contributed by atoms with E-state index in [-0.39, 0.29) is 37.5 Å². The molecule has 0 bridgehead atoms. The maximum atomic E-state index is 12.8. The number of rotatable bonds is 48. The molecule has 0 fully saturated rings. The van der Waals surface area contributed by atoms with Crippen molar-refractivity contribution in [1.29, 1.82) is 0 Å². The molecule has 0 saturated heterocycles. The number of hydrogen-bond donors (Lipinski definition) is 0. The van der Waals surface area contributed by atoms with E-state index in [4.69, 9.17) is 14.2 Å². The van der Waals surface area contributed by atoms with Gasteiger partial charge >= 0.3 is 17.9 Å². The van der Waals surface area contributed by atoms with E-state index in [2.05, 4.69) is 99.8 Å². The van der Waals surface area contributed by atoms with Crippen LogP contribution in [0.1, 0.15) is 252 Å². The first-order valence-corrected chi connectivity index (χ1v) is 27.1. The van der Waals surface area contributed by atoms with E-state index in [1.807, 2.05) is 6.08 Å². The molecule has 65 heavy (non-hydrogen) atoms. The largest absolute Gasteiger partial charge is 0.462 e. The number of carbonyl (C=O) groups excluding carboxylic acids is 3. The second-order valence-electron chi connectivity index (χ2n) is 17.8. The van der Waals surface area contributed by atoms with Crippen molar-refractivity contribution in [2.75, 3.05) is 13.2 Å². The van der Waals surface area contributed by atoms with Crippen molar-refractivity contribution < 1.29 is 28.6 Å². The summed E-state index contributed by atoms with van der Waals surface area (Å²) in [5.74, 6) is -0.990. The van der Waals surface area contributed by atoms with Crippen molar-refractivity contribution >= 4 is 17.9 Å². The molecule has 0 unspecified atom stereocenters. The van der Waals surface area contributed by atoms with Crippen molar-refractivity contribution in [3.63, 3.8) is 0 Å². The Morgan fingerprint density at radius 2 is 0.631 bits per heavy atom. The van der Waals surface area contributed by atoms with Crippen LogP contribution in [-0.4, -0.2) is 37.2 Å². The van der Waals surface area contributed by atoms with Crippen molar-refractivity contribution in [2.24, 2.45) is 0 Å². The topological polar surface area (TPSA) is 78.9 Å². The Balaban J connectivity index is 4.47. The molecule has 0 aromatic carbocycles. The van der Waals surface area contributed by atoms with Crippen molar-refractivity contribution in [1.82, 2.24) is 0 Å². The predicted molar refractivity (Wildman–Crippen MR) is 279 cm³/mol. The first-order chi connectivity index (χ1) is 32.0. The van der Waals surface area contributed by atoms with Crippen molar-refractivity contribution in [2.45, 2.75) is 258 Å². The zero-order valence-corrected chi connectivity index (χ0v) is 42.5. The van der Waals surface area contributed by atoms with Gasteiger partial charge in [0.05, 0.1) is 0 Å². The minimum Gasteiger partial charge on any atom is -0.462 e. The van der Waals surface area contributed by atoms with Gasteiger partial charge in [-0.2, -0.15) is 0 Å². The van der Waals surface area contributed by atoms with Gasteiger partial charge in [0, 0.05) is 19.3 Å². The first kappa shape index (κ1) is 61.6. The molecule has 0 aliphatic heterocycles. The van der Waals surface area contributed by atoms with Crippen LogP contribution in [0, 0.1) is 0 Å². The van der Waals surface area contributed by atoms with Crippen LogP contribution in [0.4, 0.5) is 0 Å². The maximum Gasteiger partial charge on any atom is 0.306 e. The third-order valence-electron chi connectivity index (χ3n) is 11.4. The molecule has 0 aliphatic carbocycles. The number of ether oxygens (including phenoxy) is 3. The molecule has 6 nitrogen and oxygen atoms in total. The molecule has 0 aliphatic rings. The lowest BCUT2D eigenvalue weighted by atomic mass is 10.1. The molecule has 0 spiro atoms. The van der Waals surface area contributed by atoms with Crippen molar-refractivity contribution in [3.05, 3.63) is 85.1 Å². The third-order valence-corrected chi connectivity index (χ3v) is 11.4. The molecule has 0 heterocycles. The zero-order chi connectivity index (χ0) is 47.2. The second-order valence-corrected chi connectivity index (χ2v) is 17.8. The lowest BCUT2D eigenvalue weighted by Gasteiger charge is -2.18. The Bertz CT molecular complexity index is 1270. The highest BCUT2D eigenvalue weighted by Gasteiger charge is 2.19. The van der Waals surface area contributed by atoms with E-state index in [1.165, 1.54) is 128 Å². The predicted octanol–water partition coefficient (Wildman–Crippen LogP) is 18.0. The molecule has 0 amide bonds. The van der Waals surface area contributed by atoms with E-state index in [0.717, 1.165) is 77.0 Å². The van der Waals surface area contributed by atoms with Gasteiger partial charge in [-0.05, 0) is 83.5 Å². The Hall–Kier alpha value is -3.41. The highest BCUT2D eigenvalue weighted by Crippen LogP contribution is 2.14. The van der Waals surface area contributed by atoms with Crippen LogP contribution in [0.3, 0.4) is 0 Å². The van der Waals surface area contributed by atoms with Gasteiger partial charge in [0.2, 0.25) is 0 Å². The maximum absolute atomic E-state index is 12.8. The quantitative estimate of drug-likeness (QED) is 0.0262. The van der Waals surface area contributed by atoms with E-state index in [9.17, 15) is 14.4 Å². The average molecular weight is 905 g/mol. The monoisotopic (exact) mass is 905 g/mol. The first-order valence-electron chi connectivity index (χ1n) is 27.1. The summed E-state index contributed by atoms with van der Waals surface area (Å²) in [6.07, 6.45) is 68.7. The van der Waals surface area contributed by atoms with E-state index in [0.29, 0.717) is 19.3 Å². The summed E-state index contributed by atoms with van der Waals surface area (Å²) in [5, 5.41) is 0. The van der Waals surface area contributed by atoms with Crippen LogP contribution in [0.2, 0.25) is 0 Å². The van der Waals surface area contributed by atoms with Gasteiger partial charge in [-0.1, -0.05) is 234 Å². The molecule has 372 valence electrons. The Morgan fingerprint density at radius 3 is 1.03 bits per heavy atom. The summed E-state index contributed by atoms with van der Waals surface area (Å²) in [6, 6.07) is 0. The van der Waals surface area contributed by atoms with Gasteiger partial charge in [-0.25, -0.2) is 0 Å². The van der Waals surface area contributed by atoms with Gasteiger partial charge in [0.15, 0.2) is 6.10 Å². The lowest BCUT2D eigenvalue weighted by molar-refractivity contribution is -0.166. The Labute approximate surface area is 401 Å². The van der Waals surface area contributed by atoms with Gasteiger partial charge in [-0.3, -0.25) is 14.4 Å². The van der Waals surface area contributed by atoms with Crippen molar-refractivity contribution in [3.8, 4) is 0 Å². The van der Waals surface area contributed by atoms with E-state index in [1.54, 1.807) is 0 Å². The average Bonchev–Trinajstić information content (AvgIpc) is 3.30. The van der Waals surface area contributed by atoms with Crippen LogP contribution in [0.5, 0.6) is 0 Å². The highest BCUT2D eigenvalue weighted by molar-refractivity contribution is 5.71. The second kappa shape index (κ2) is 53.2. The fourth-order valence-corrected chi connectivity index (χ4v) is 7.35. The molecule has 0 N–H and O–H groups in total. The molecule has 0 aromatic rings. The minimum absolute atomic E-state index is 0.0999. The molecule has 0 aromatic heterocycles. The summed E-state index contributed by atoms with van der Waals surface area (Å²) in [7, 11) is 0.